The van der Waals surface area contributed by atoms with Crippen molar-refractivity contribution in [2.24, 2.45) is 0 Å². The second-order valence-electron chi connectivity index (χ2n) is 9.83. The van der Waals surface area contributed by atoms with Gasteiger partial charge in [-0.2, -0.15) is 8.42 Å². The maximum absolute atomic E-state index is 11.8. The minimum absolute atomic E-state index is 0. The van der Waals surface area contributed by atoms with Crippen molar-refractivity contribution in [1.82, 2.24) is 0 Å². The molecule has 0 aromatic heterocycles. The summed E-state index contributed by atoms with van der Waals surface area (Å²) in [7, 11) is -4.67. The van der Waals surface area contributed by atoms with E-state index in [4.69, 9.17) is 22.3 Å². The molecule has 38 heavy (non-hydrogen) atoms. The molecular weight excluding hydrogens is 511 g/mol. The molecule has 0 aliphatic carbocycles. The van der Waals surface area contributed by atoms with Crippen LogP contribution in [0.2, 0.25) is 0 Å². The molecule has 0 radical (unpaired) electrons. The molecule has 0 heterocycles. The van der Waals surface area contributed by atoms with Crippen LogP contribution in [0.4, 0.5) is 0 Å². The van der Waals surface area contributed by atoms with E-state index >= 15 is 0 Å². The van der Waals surface area contributed by atoms with Crippen LogP contribution < -0.4 is 0 Å². The Morgan fingerprint density at radius 1 is 0.605 bits per heavy atom. The van der Waals surface area contributed by atoms with Crippen LogP contribution in [-0.2, 0) is 19.9 Å². The van der Waals surface area contributed by atoms with E-state index in [1.165, 1.54) is 109 Å². The maximum atomic E-state index is 11.8. The van der Waals surface area contributed by atoms with Gasteiger partial charge in [0.2, 0.25) is 0 Å². The van der Waals surface area contributed by atoms with Crippen molar-refractivity contribution in [2.45, 2.75) is 155 Å². The molecule has 0 bridgehead atoms. The van der Waals surface area contributed by atoms with Gasteiger partial charge in [0.1, 0.15) is 0 Å². The second kappa shape index (κ2) is 34.8. The first-order chi connectivity index (χ1) is 17.8. The Bertz CT molecular complexity index is 627. The molecule has 0 unspecified atom stereocenters. The zero-order valence-corrected chi connectivity index (χ0v) is 24.8. The number of hydrogen-bond acceptors (Lipinski definition) is 4. The van der Waals surface area contributed by atoms with Crippen molar-refractivity contribution in [1.29, 1.82) is 0 Å². The van der Waals surface area contributed by atoms with Gasteiger partial charge in [0.15, 0.2) is 0 Å². The van der Waals surface area contributed by atoms with Crippen LogP contribution in [0.5, 0.6) is 0 Å². The van der Waals surface area contributed by atoms with Gasteiger partial charge in [-0.15, -0.1) is 0 Å². The van der Waals surface area contributed by atoms with Crippen molar-refractivity contribution >= 4 is 45.9 Å². The van der Waals surface area contributed by atoms with E-state index in [9.17, 15) is 4.79 Å². The third kappa shape index (κ3) is 48.8. The van der Waals surface area contributed by atoms with Crippen LogP contribution in [-0.4, -0.2) is 59.7 Å². The molecule has 2 N–H and O–H groups in total. The summed E-state index contributed by atoms with van der Waals surface area (Å²) in [5.41, 5.74) is 0. The number of carbonyl (C=O) groups is 1. The summed E-state index contributed by atoms with van der Waals surface area (Å²) in [5, 5.41) is 0. The number of hydrogen-bond donors (Lipinski definition) is 2. The number of esters is 1. The topological polar surface area (TPSA) is 101 Å². The van der Waals surface area contributed by atoms with E-state index < -0.39 is 10.4 Å². The molecule has 0 fully saturated rings. The van der Waals surface area contributed by atoms with Crippen LogP contribution in [0, 0.1) is 0 Å². The predicted molar refractivity (Wildman–Crippen MR) is 163 cm³/mol. The molecule has 8 heteroatoms. The van der Waals surface area contributed by atoms with Crippen molar-refractivity contribution in [3.8, 4) is 0 Å². The first-order valence-corrected chi connectivity index (χ1v) is 16.4. The molecule has 222 valence electrons. The van der Waals surface area contributed by atoms with Gasteiger partial charge >= 0.3 is 45.9 Å². The predicted octanol–water partition coefficient (Wildman–Crippen LogP) is 8.96. The van der Waals surface area contributed by atoms with Crippen LogP contribution in [0.15, 0.2) is 24.3 Å². The van der Waals surface area contributed by atoms with Gasteiger partial charge in [0.05, 0.1) is 6.61 Å². The van der Waals surface area contributed by atoms with Crippen LogP contribution in [0.25, 0.3) is 0 Å². The van der Waals surface area contributed by atoms with E-state index in [0.29, 0.717) is 13.0 Å². The average molecular weight is 571 g/mol. The van der Waals surface area contributed by atoms with E-state index in [2.05, 4.69) is 38.2 Å². The zero-order chi connectivity index (χ0) is 27.9. The molecule has 0 aromatic carbocycles. The number of ether oxygens (including phenoxy) is 1. The molecule has 0 atom stereocenters. The minimum atomic E-state index is -4.67. The summed E-state index contributed by atoms with van der Waals surface area (Å²) in [4.78, 5) is 11.8. The first-order valence-electron chi connectivity index (χ1n) is 15.0. The van der Waals surface area contributed by atoms with Crippen molar-refractivity contribution in [3.05, 3.63) is 24.3 Å². The average Bonchev–Trinajstić information content (AvgIpc) is 2.84. The molecule has 0 spiro atoms. The van der Waals surface area contributed by atoms with Gasteiger partial charge in [-0.3, -0.25) is 13.9 Å². The number of carbonyl (C=O) groups excluding carboxylic acids is 1. The summed E-state index contributed by atoms with van der Waals surface area (Å²) in [6, 6.07) is 0. The van der Waals surface area contributed by atoms with Gasteiger partial charge in [-0.05, 0) is 44.9 Å². The second-order valence-corrected chi connectivity index (χ2v) is 10.7. The third-order valence-electron chi connectivity index (χ3n) is 6.09. The first kappa shape index (κ1) is 42.3. The fraction of sp³-hybridized carbons (Fsp3) is 0.833. The van der Waals surface area contributed by atoms with Crippen molar-refractivity contribution in [2.75, 3.05) is 6.61 Å². The normalized spacial score (nSPS) is 11.4. The Labute approximate surface area is 257 Å². The van der Waals surface area contributed by atoms with Crippen LogP contribution in [0.3, 0.4) is 0 Å². The van der Waals surface area contributed by atoms with E-state index in [1.807, 2.05) is 0 Å². The fourth-order valence-electron chi connectivity index (χ4n) is 3.93. The Balaban J connectivity index is -0.00000185. The number of unbranched alkanes of at least 4 members (excludes halogenated alkanes) is 17. The Hall–Kier alpha value is -0.180. The molecule has 0 aliphatic heterocycles. The molecule has 0 rings (SSSR count). The van der Waals surface area contributed by atoms with Crippen LogP contribution in [0.1, 0.15) is 155 Å². The van der Waals surface area contributed by atoms with Gasteiger partial charge < -0.3 is 4.74 Å². The Kier molecular flexibility index (Phi) is 38.8. The summed E-state index contributed by atoms with van der Waals surface area (Å²) in [5.74, 6) is 0.00612. The Morgan fingerprint density at radius 2 is 0.974 bits per heavy atom. The number of allylic oxidation sites excluding steroid dienone is 4. The standard InChI is InChI=1S/C30H56O2.Na.H2O4S.H/c1-3-5-7-9-11-13-15-16-17-18-19-20-22-24-26-28-30(31)32-29-27-25-23-21-14-12-10-8-6-4-2;;1-5(2,3)4;/h11,13,16-17H,3-10,12,14-15,18-29H2,1-2H3;;(H2,1,2,3,4);/b13-11-,17-16-;;;. The Morgan fingerprint density at radius 3 is 1.47 bits per heavy atom. The third-order valence-corrected chi connectivity index (χ3v) is 6.09. The van der Waals surface area contributed by atoms with Crippen molar-refractivity contribution < 1.29 is 27.1 Å². The van der Waals surface area contributed by atoms with Gasteiger partial charge in [0, 0.05) is 6.42 Å². The number of rotatable bonds is 25. The van der Waals surface area contributed by atoms with Gasteiger partial charge in [0.25, 0.3) is 0 Å². The van der Waals surface area contributed by atoms with E-state index in [1.54, 1.807) is 0 Å². The van der Waals surface area contributed by atoms with Gasteiger partial charge in [-0.25, -0.2) is 0 Å². The fourth-order valence-corrected chi connectivity index (χ4v) is 3.93. The van der Waals surface area contributed by atoms with Crippen LogP contribution >= 0.6 is 0 Å². The summed E-state index contributed by atoms with van der Waals surface area (Å²) in [6.07, 6.45) is 36.3. The molecular formula is C30H59NaO6S. The zero-order valence-electron chi connectivity index (χ0n) is 24.0. The molecule has 0 saturated heterocycles. The molecule has 0 amide bonds. The molecule has 6 nitrogen and oxygen atoms in total. The van der Waals surface area contributed by atoms with Gasteiger partial charge in [-0.1, -0.05) is 128 Å². The molecule has 0 aromatic rings. The molecule has 0 aliphatic rings. The molecule has 0 saturated carbocycles. The quantitative estimate of drug-likeness (QED) is 0.0373. The monoisotopic (exact) mass is 570 g/mol. The summed E-state index contributed by atoms with van der Waals surface area (Å²) >= 11 is 0. The van der Waals surface area contributed by atoms with E-state index in [-0.39, 0.29) is 35.5 Å². The summed E-state index contributed by atoms with van der Waals surface area (Å²) in [6.45, 7) is 5.14. The van der Waals surface area contributed by atoms with E-state index in [0.717, 1.165) is 25.7 Å². The van der Waals surface area contributed by atoms with Crippen molar-refractivity contribution in [3.63, 3.8) is 0 Å². The SMILES string of the molecule is CCCCC/C=C\C/C=C\CCCCCCCC(=O)OCCCCCCCCCCCC.O=S(=O)(O)O.[NaH]. The summed E-state index contributed by atoms with van der Waals surface area (Å²) < 4.78 is 37.0.